The van der Waals surface area contributed by atoms with Gasteiger partial charge in [0.15, 0.2) is 0 Å². The van der Waals surface area contributed by atoms with E-state index in [2.05, 4.69) is 15.6 Å². The third kappa shape index (κ3) is 5.08. The molecule has 9 heteroatoms. The van der Waals surface area contributed by atoms with Gasteiger partial charge in [-0.15, -0.1) is 12.4 Å². The predicted octanol–water partition coefficient (Wildman–Crippen LogP) is 2.95. The predicted molar refractivity (Wildman–Crippen MR) is 104 cm³/mol. The van der Waals surface area contributed by atoms with Gasteiger partial charge in [-0.05, 0) is 23.8 Å². The molecule has 2 heterocycles. The number of anilines is 1. The lowest BCUT2D eigenvalue weighted by Gasteiger charge is -2.24. The molecule has 3 rings (SSSR count). The first-order chi connectivity index (χ1) is 12.6. The molecule has 1 aliphatic rings. The molecule has 1 aromatic carbocycles. The fourth-order valence-electron chi connectivity index (χ4n) is 2.61. The number of carbonyl (C=O) groups is 1. The van der Waals surface area contributed by atoms with Gasteiger partial charge >= 0.3 is 0 Å². The van der Waals surface area contributed by atoms with Crippen LogP contribution in [0.5, 0.6) is 5.88 Å². The first-order valence-corrected chi connectivity index (χ1v) is 8.38. The Balaban J connectivity index is 0.00000261. The van der Waals surface area contributed by atoms with Crippen LogP contribution >= 0.6 is 24.0 Å². The molecule has 1 saturated heterocycles. The highest BCUT2D eigenvalue weighted by Gasteiger charge is 2.18. The van der Waals surface area contributed by atoms with E-state index in [4.69, 9.17) is 26.3 Å². The van der Waals surface area contributed by atoms with Crippen molar-refractivity contribution in [3.63, 3.8) is 0 Å². The van der Waals surface area contributed by atoms with E-state index in [1.54, 1.807) is 12.1 Å². The van der Waals surface area contributed by atoms with E-state index in [1.165, 1.54) is 19.2 Å². The SMILES string of the molecule is COc1cc(C(=O)Nc2ccc(C3CNCCO3)cc2Cl)cc(C#N)n1.Cl. The Morgan fingerprint density at radius 3 is 2.89 bits per heavy atom. The van der Waals surface area contributed by atoms with Crippen LogP contribution in [-0.4, -0.2) is 37.7 Å². The molecule has 1 aromatic heterocycles. The second-order valence-electron chi connectivity index (χ2n) is 5.65. The van der Waals surface area contributed by atoms with E-state index in [9.17, 15) is 4.79 Å². The number of nitrogens with one attached hydrogen (secondary N) is 2. The van der Waals surface area contributed by atoms with Crippen molar-refractivity contribution >= 4 is 35.6 Å². The highest BCUT2D eigenvalue weighted by molar-refractivity contribution is 6.34. The van der Waals surface area contributed by atoms with Crippen LogP contribution < -0.4 is 15.4 Å². The van der Waals surface area contributed by atoms with Crippen LogP contribution in [0.15, 0.2) is 30.3 Å². The van der Waals surface area contributed by atoms with Crippen LogP contribution in [0.4, 0.5) is 5.69 Å². The molecule has 142 valence electrons. The number of aromatic nitrogens is 1. The molecule has 1 atom stereocenters. The number of amides is 1. The van der Waals surface area contributed by atoms with Crippen molar-refractivity contribution in [2.45, 2.75) is 6.10 Å². The van der Waals surface area contributed by atoms with Crippen molar-refractivity contribution < 1.29 is 14.3 Å². The number of nitrogens with zero attached hydrogens (tertiary/aromatic N) is 2. The fourth-order valence-corrected chi connectivity index (χ4v) is 2.84. The molecule has 0 bridgehead atoms. The van der Waals surface area contributed by atoms with Gasteiger partial charge in [0.05, 0.1) is 30.5 Å². The zero-order chi connectivity index (χ0) is 18.5. The summed E-state index contributed by atoms with van der Waals surface area (Å²) < 4.78 is 10.7. The van der Waals surface area contributed by atoms with E-state index < -0.39 is 5.91 Å². The number of rotatable bonds is 4. The molecular weight excluding hydrogens is 391 g/mol. The topological polar surface area (TPSA) is 96.3 Å². The number of halogens is 2. The minimum absolute atomic E-state index is 0. The summed E-state index contributed by atoms with van der Waals surface area (Å²) in [6.45, 7) is 2.19. The summed E-state index contributed by atoms with van der Waals surface area (Å²) in [6.07, 6.45) is -0.0614. The summed E-state index contributed by atoms with van der Waals surface area (Å²) in [5.74, 6) is -0.218. The largest absolute Gasteiger partial charge is 0.481 e. The van der Waals surface area contributed by atoms with E-state index in [-0.39, 0.29) is 35.6 Å². The van der Waals surface area contributed by atoms with Crippen molar-refractivity contribution in [1.29, 1.82) is 5.26 Å². The molecule has 0 radical (unpaired) electrons. The Morgan fingerprint density at radius 1 is 1.44 bits per heavy atom. The van der Waals surface area contributed by atoms with Gasteiger partial charge in [0, 0.05) is 24.7 Å². The lowest BCUT2D eigenvalue weighted by molar-refractivity contribution is 0.0277. The molecule has 2 aromatic rings. The Bertz CT molecular complexity index is 864. The maximum Gasteiger partial charge on any atom is 0.256 e. The second-order valence-corrected chi connectivity index (χ2v) is 6.06. The number of hydrogen-bond acceptors (Lipinski definition) is 6. The average molecular weight is 409 g/mol. The van der Waals surface area contributed by atoms with E-state index in [0.29, 0.717) is 17.3 Å². The van der Waals surface area contributed by atoms with E-state index in [1.807, 2.05) is 12.1 Å². The summed E-state index contributed by atoms with van der Waals surface area (Å²) in [7, 11) is 1.42. The zero-order valence-electron chi connectivity index (χ0n) is 14.5. The maximum atomic E-state index is 12.5. The van der Waals surface area contributed by atoms with Crippen LogP contribution in [0.25, 0.3) is 0 Å². The molecule has 0 spiro atoms. The minimum atomic E-state index is -0.410. The van der Waals surface area contributed by atoms with Gasteiger partial charge in [0.2, 0.25) is 5.88 Å². The number of hydrogen-bond donors (Lipinski definition) is 2. The number of benzene rings is 1. The third-order valence-corrected chi connectivity index (χ3v) is 4.24. The summed E-state index contributed by atoms with van der Waals surface area (Å²) in [6, 6.07) is 10.1. The van der Waals surface area contributed by atoms with Crippen molar-refractivity contribution in [2.24, 2.45) is 0 Å². The van der Waals surface area contributed by atoms with E-state index >= 15 is 0 Å². The van der Waals surface area contributed by atoms with Crippen LogP contribution in [0.2, 0.25) is 5.02 Å². The Labute approximate surface area is 168 Å². The molecule has 0 saturated carbocycles. The van der Waals surface area contributed by atoms with Crippen LogP contribution in [0.3, 0.4) is 0 Å². The first-order valence-electron chi connectivity index (χ1n) is 8.00. The molecular formula is C18H18Cl2N4O3. The van der Waals surface area contributed by atoms with Gasteiger partial charge in [-0.2, -0.15) is 5.26 Å². The molecule has 7 nitrogen and oxygen atoms in total. The number of pyridine rings is 1. The zero-order valence-corrected chi connectivity index (χ0v) is 16.1. The first kappa shape index (κ1) is 20.9. The third-order valence-electron chi connectivity index (χ3n) is 3.93. The molecule has 27 heavy (non-hydrogen) atoms. The van der Waals surface area contributed by atoms with Crippen molar-refractivity contribution in [3.8, 4) is 11.9 Å². The number of methoxy groups -OCH3 is 1. The van der Waals surface area contributed by atoms with Crippen molar-refractivity contribution in [2.75, 3.05) is 32.1 Å². The molecule has 1 amide bonds. The van der Waals surface area contributed by atoms with Crippen molar-refractivity contribution in [1.82, 2.24) is 10.3 Å². The molecule has 2 N–H and O–H groups in total. The van der Waals surface area contributed by atoms with Gasteiger partial charge in [0.1, 0.15) is 11.8 Å². The smallest absolute Gasteiger partial charge is 0.256 e. The van der Waals surface area contributed by atoms with E-state index in [0.717, 1.165) is 18.7 Å². The van der Waals surface area contributed by atoms with Gasteiger partial charge < -0.3 is 20.1 Å². The highest BCUT2D eigenvalue weighted by atomic mass is 35.5. The second kappa shape index (κ2) is 9.53. The minimum Gasteiger partial charge on any atom is -0.481 e. The van der Waals surface area contributed by atoms with Crippen LogP contribution in [-0.2, 0) is 4.74 Å². The number of ether oxygens (including phenoxy) is 2. The summed E-state index contributed by atoms with van der Waals surface area (Å²) in [4.78, 5) is 16.4. The average Bonchev–Trinajstić information content (AvgIpc) is 2.69. The monoisotopic (exact) mass is 408 g/mol. The fraction of sp³-hybridized carbons (Fsp3) is 0.278. The van der Waals surface area contributed by atoms with Crippen molar-refractivity contribution in [3.05, 3.63) is 52.2 Å². The summed E-state index contributed by atoms with van der Waals surface area (Å²) in [5.41, 5.74) is 1.77. The lowest BCUT2D eigenvalue weighted by atomic mass is 10.1. The lowest BCUT2D eigenvalue weighted by Crippen LogP contribution is -2.33. The van der Waals surface area contributed by atoms with Crippen LogP contribution in [0.1, 0.15) is 27.7 Å². The van der Waals surface area contributed by atoms with Crippen LogP contribution in [0, 0.1) is 11.3 Å². The Hall–Kier alpha value is -2.37. The van der Waals surface area contributed by atoms with Gasteiger partial charge in [0.25, 0.3) is 5.91 Å². The summed E-state index contributed by atoms with van der Waals surface area (Å²) in [5, 5.41) is 15.4. The quantitative estimate of drug-likeness (QED) is 0.806. The maximum absolute atomic E-state index is 12.5. The molecule has 1 fully saturated rings. The highest BCUT2D eigenvalue weighted by Crippen LogP contribution is 2.28. The Kier molecular flexibility index (Phi) is 7.39. The van der Waals surface area contributed by atoms with Gasteiger partial charge in [-0.1, -0.05) is 17.7 Å². The summed E-state index contributed by atoms with van der Waals surface area (Å²) >= 11 is 6.32. The number of morpholine rings is 1. The molecule has 0 aliphatic carbocycles. The van der Waals surface area contributed by atoms with Gasteiger partial charge in [-0.25, -0.2) is 4.98 Å². The normalized spacial score (nSPS) is 16.0. The molecule has 1 unspecified atom stereocenters. The standard InChI is InChI=1S/C18H17ClN4O3.ClH/c1-25-17-8-12(6-13(9-20)22-17)18(24)23-15-3-2-11(7-14(15)19)16-10-21-4-5-26-16;/h2-3,6-8,16,21H,4-5,10H2,1H3,(H,23,24);1H. The molecule has 1 aliphatic heterocycles. The Morgan fingerprint density at radius 2 is 2.26 bits per heavy atom. The number of carbonyl (C=O) groups excluding carboxylic acids is 1. The van der Waals surface area contributed by atoms with Gasteiger partial charge in [-0.3, -0.25) is 4.79 Å². The number of nitriles is 1.